The largest absolute Gasteiger partial charge is 0.395 e. The predicted molar refractivity (Wildman–Crippen MR) is 74.6 cm³/mol. The summed E-state index contributed by atoms with van der Waals surface area (Å²) in [7, 11) is 0. The van der Waals surface area contributed by atoms with Crippen LogP contribution in [-0.4, -0.2) is 60.0 Å². The molecule has 0 radical (unpaired) electrons. The monoisotopic (exact) mass is 258 g/mol. The van der Waals surface area contributed by atoms with E-state index in [1.54, 1.807) is 0 Å². The summed E-state index contributed by atoms with van der Waals surface area (Å²) in [4.78, 5) is 2.44. The van der Waals surface area contributed by atoms with Crippen LogP contribution >= 0.6 is 0 Å². The Balaban J connectivity index is 2.45. The van der Waals surface area contributed by atoms with Crippen LogP contribution in [0.1, 0.15) is 33.6 Å². The zero-order chi connectivity index (χ0) is 13.5. The highest BCUT2D eigenvalue weighted by atomic mass is 16.3. The van der Waals surface area contributed by atoms with Crippen molar-refractivity contribution < 1.29 is 10.2 Å². The molecule has 4 nitrogen and oxygen atoms in total. The molecule has 0 aliphatic carbocycles. The normalized spacial score (nSPS) is 27.7. The molecule has 1 rings (SSSR count). The van der Waals surface area contributed by atoms with Crippen LogP contribution in [0.5, 0.6) is 0 Å². The summed E-state index contributed by atoms with van der Waals surface area (Å²) in [5, 5.41) is 22.3. The third-order valence-electron chi connectivity index (χ3n) is 3.95. The number of rotatable bonds is 7. The lowest BCUT2D eigenvalue weighted by molar-refractivity contribution is 0.0626. The Hall–Kier alpha value is -0.160. The maximum absolute atomic E-state index is 10.0. The van der Waals surface area contributed by atoms with Gasteiger partial charge in [-0.25, -0.2) is 0 Å². The predicted octanol–water partition coefficient (Wildman–Crippen LogP) is 0.686. The lowest BCUT2D eigenvalue weighted by atomic mass is 9.87. The average Bonchev–Trinajstić information content (AvgIpc) is 2.35. The van der Waals surface area contributed by atoms with Gasteiger partial charge in [0.05, 0.1) is 12.7 Å². The smallest absolute Gasteiger partial charge is 0.0566 e. The lowest BCUT2D eigenvalue weighted by Crippen LogP contribution is -2.50. The maximum atomic E-state index is 10.0. The molecule has 1 heterocycles. The summed E-state index contributed by atoms with van der Waals surface area (Å²) in [6, 6.07) is 0.454. The van der Waals surface area contributed by atoms with Crippen LogP contribution in [0.15, 0.2) is 0 Å². The number of hydrogen-bond acceptors (Lipinski definition) is 4. The standard InChI is InChI=1S/C14H30N2O2/c1-4-16-9-12(8-14(18)11(2)3)7-13(10-16)15-5-6-17/h11-15,17-18H,4-10H2,1-3H3. The van der Waals surface area contributed by atoms with E-state index in [0.717, 1.165) is 32.5 Å². The Morgan fingerprint density at radius 3 is 2.61 bits per heavy atom. The fraction of sp³-hybridized carbons (Fsp3) is 1.00. The number of aliphatic hydroxyl groups is 2. The van der Waals surface area contributed by atoms with Crippen molar-refractivity contribution in [3.05, 3.63) is 0 Å². The van der Waals surface area contributed by atoms with Crippen LogP contribution in [0, 0.1) is 11.8 Å². The molecule has 0 aromatic carbocycles. The van der Waals surface area contributed by atoms with Gasteiger partial charge >= 0.3 is 0 Å². The number of piperidine rings is 1. The van der Waals surface area contributed by atoms with Crippen LogP contribution in [0.4, 0.5) is 0 Å². The first kappa shape index (κ1) is 15.9. The van der Waals surface area contributed by atoms with Crippen LogP contribution in [0.25, 0.3) is 0 Å². The maximum Gasteiger partial charge on any atom is 0.0566 e. The van der Waals surface area contributed by atoms with Gasteiger partial charge in [-0.05, 0) is 31.2 Å². The van der Waals surface area contributed by atoms with Gasteiger partial charge in [-0.15, -0.1) is 0 Å². The Bertz CT molecular complexity index is 224. The second-order valence-corrected chi connectivity index (χ2v) is 5.88. The number of aliphatic hydroxyl groups excluding tert-OH is 2. The van der Waals surface area contributed by atoms with E-state index in [0.29, 0.717) is 24.4 Å². The van der Waals surface area contributed by atoms with Gasteiger partial charge in [-0.2, -0.15) is 0 Å². The molecule has 0 aromatic heterocycles. The van der Waals surface area contributed by atoms with Crippen LogP contribution < -0.4 is 5.32 Å². The molecular weight excluding hydrogens is 228 g/mol. The van der Waals surface area contributed by atoms with E-state index >= 15 is 0 Å². The third kappa shape index (κ3) is 5.22. The third-order valence-corrected chi connectivity index (χ3v) is 3.95. The van der Waals surface area contributed by atoms with Crippen LogP contribution in [0.3, 0.4) is 0 Å². The van der Waals surface area contributed by atoms with E-state index in [9.17, 15) is 5.11 Å². The zero-order valence-corrected chi connectivity index (χ0v) is 12.1. The molecule has 3 N–H and O–H groups in total. The molecule has 3 unspecified atom stereocenters. The highest BCUT2D eigenvalue weighted by molar-refractivity contribution is 4.84. The molecule has 0 spiro atoms. The van der Waals surface area contributed by atoms with Crippen molar-refractivity contribution in [2.45, 2.75) is 45.8 Å². The van der Waals surface area contributed by atoms with Gasteiger partial charge in [0.1, 0.15) is 0 Å². The average molecular weight is 258 g/mol. The first-order valence-electron chi connectivity index (χ1n) is 7.31. The van der Waals surface area contributed by atoms with Gasteiger partial charge in [0.2, 0.25) is 0 Å². The quantitative estimate of drug-likeness (QED) is 0.629. The molecule has 1 fully saturated rings. The zero-order valence-electron chi connectivity index (χ0n) is 12.1. The van der Waals surface area contributed by atoms with Crippen molar-refractivity contribution in [1.29, 1.82) is 0 Å². The van der Waals surface area contributed by atoms with Gasteiger partial charge in [0.15, 0.2) is 0 Å². The van der Waals surface area contributed by atoms with Crippen molar-refractivity contribution in [3.8, 4) is 0 Å². The molecule has 0 bridgehead atoms. The molecule has 108 valence electrons. The van der Waals surface area contributed by atoms with E-state index in [1.807, 2.05) is 0 Å². The van der Waals surface area contributed by atoms with Gasteiger partial charge in [-0.3, -0.25) is 0 Å². The van der Waals surface area contributed by atoms with Crippen LogP contribution in [0.2, 0.25) is 0 Å². The van der Waals surface area contributed by atoms with Gasteiger partial charge in [0, 0.05) is 25.7 Å². The molecule has 1 aliphatic heterocycles. The summed E-state index contributed by atoms with van der Waals surface area (Å²) < 4.78 is 0. The van der Waals surface area contributed by atoms with E-state index in [2.05, 4.69) is 31.0 Å². The minimum absolute atomic E-state index is 0.190. The fourth-order valence-corrected chi connectivity index (χ4v) is 2.76. The second kappa shape index (κ2) is 8.10. The van der Waals surface area contributed by atoms with Crippen molar-refractivity contribution >= 4 is 0 Å². The molecule has 0 amide bonds. The SMILES string of the molecule is CCN1CC(CC(O)C(C)C)CC(NCCO)C1. The van der Waals surface area contributed by atoms with Gasteiger partial charge in [-0.1, -0.05) is 20.8 Å². The highest BCUT2D eigenvalue weighted by Gasteiger charge is 2.28. The Morgan fingerprint density at radius 1 is 1.33 bits per heavy atom. The summed E-state index contributed by atoms with van der Waals surface area (Å²) in [5.74, 6) is 0.901. The summed E-state index contributed by atoms with van der Waals surface area (Å²) >= 11 is 0. The molecule has 3 atom stereocenters. The molecule has 18 heavy (non-hydrogen) atoms. The van der Waals surface area contributed by atoms with Crippen molar-refractivity contribution in [2.75, 3.05) is 32.8 Å². The number of likely N-dealkylation sites (N-methyl/N-ethyl adjacent to an activating group) is 1. The number of nitrogens with one attached hydrogen (secondary N) is 1. The van der Waals surface area contributed by atoms with Crippen LogP contribution in [-0.2, 0) is 0 Å². The summed E-state index contributed by atoms with van der Waals surface area (Å²) in [6.07, 6.45) is 1.82. The number of hydrogen-bond donors (Lipinski definition) is 3. The Labute approximate surface area is 111 Å². The van der Waals surface area contributed by atoms with Gasteiger partial charge in [0.25, 0.3) is 0 Å². The number of likely N-dealkylation sites (tertiary alicyclic amines) is 1. The fourth-order valence-electron chi connectivity index (χ4n) is 2.76. The Morgan fingerprint density at radius 2 is 2.06 bits per heavy atom. The topological polar surface area (TPSA) is 55.7 Å². The first-order valence-corrected chi connectivity index (χ1v) is 7.31. The van der Waals surface area contributed by atoms with Crippen molar-refractivity contribution in [2.24, 2.45) is 11.8 Å². The number of nitrogens with zero attached hydrogens (tertiary/aromatic N) is 1. The molecule has 0 aromatic rings. The van der Waals surface area contributed by atoms with E-state index in [4.69, 9.17) is 5.11 Å². The van der Waals surface area contributed by atoms with E-state index < -0.39 is 0 Å². The lowest BCUT2D eigenvalue weighted by Gasteiger charge is -2.38. The second-order valence-electron chi connectivity index (χ2n) is 5.88. The highest BCUT2D eigenvalue weighted by Crippen LogP contribution is 2.23. The summed E-state index contributed by atoms with van der Waals surface area (Å²) in [5.41, 5.74) is 0. The minimum atomic E-state index is -0.190. The first-order chi connectivity index (χ1) is 8.56. The molecule has 1 aliphatic rings. The molecule has 0 saturated carbocycles. The van der Waals surface area contributed by atoms with Crippen molar-refractivity contribution in [3.63, 3.8) is 0 Å². The summed E-state index contributed by atoms with van der Waals surface area (Å²) in [6.45, 7) is 10.4. The minimum Gasteiger partial charge on any atom is -0.395 e. The Kier molecular flexibility index (Phi) is 7.15. The van der Waals surface area contributed by atoms with E-state index in [1.165, 1.54) is 0 Å². The molecular formula is C14H30N2O2. The molecule has 1 saturated heterocycles. The molecule has 4 heteroatoms. The van der Waals surface area contributed by atoms with Crippen molar-refractivity contribution in [1.82, 2.24) is 10.2 Å². The van der Waals surface area contributed by atoms with E-state index in [-0.39, 0.29) is 12.7 Å². The van der Waals surface area contributed by atoms with Gasteiger partial charge < -0.3 is 20.4 Å².